The fourth-order valence-corrected chi connectivity index (χ4v) is 0.663. The highest BCUT2D eigenvalue weighted by Gasteiger charge is 2.03. The van der Waals surface area contributed by atoms with Crippen LogP contribution < -0.4 is 0 Å². The Morgan fingerprint density at radius 2 is 1.00 bits per heavy atom. The maximum atomic E-state index is 4.00. The van der Waals surface area contributed by atoms with Gasteiger partial charge in [-0.25, -0.2) is 0 Å². The summed E-state index contributed by atoms with van der Waals surface area (Å²) in [4.78, 5) is 0. The van der Waals surface area contributed by atoms with Gasteiger partial charge in [-0.3, -0.25) is 0 Å². The highest BCUT2D eigenvalue weighted by molar-refractivity contribution is 5.75. The minimum absolute atomic E-state index is 1.43. The van der Waals surface area contributed by atoms with Gasteiger partial charge in [0.15, 0.2) is 0 Å². The Labute approximate surface area is 49.2 Å². The normalized spacial score (nSPS) is 8.75. The van der Waals surface area contributed by atoms with Crippen molar-refractivity contribution < 1.29 is 0 Å². The Morgan fingerprint density at radius 1 is 0.750 bits per heavy atom. The number of hydrogen-bond acceptors (Lipinski definition) is 0. The third-order valence-corrected chi connectivity index (χ3v) is 1.22. The van der Waals surface area contributed by atoms with E-state index >= 15 is 0 Å². The molecule has 0 aliphatic heterocycles. The molecule has 8 heavy (non-hydrogen) atoms. The second kappa shape index (κ2) is 1.71. The zero-order chi connectivity index (χ0) is 5.98. The maximum Gasteiger partial charge on any atom is -0.0184 e. The van der Waals surface area contributed by atoms with E-state index in [1.54, 1.807) is 0 Å². The molecule has 0 fully saturated rings. The predicted molar refractivity (Wildman–Crippen MR) is 35.3 cm³/mol. The molecular formula is C8H6. The third kappa shape index (κ3) is 0.418. The summed E-state index contributed by atoms with van der Waals surface area (Å²) in [6.07, 6.45) is 8.00. The van der Waals surface area contributed by atoms with Gasteiger partial charge in [-0.2, -0.15) is 0 Å². The van der Waals surface area contributed by atoms with Gasteiger partial charge in [0.25, 0.3) is 0 Å². The van der Waals surface area contributed by atoms with Gasteiger partial charge in [-0.05, 0) is 11.1 Å². The number of hydrogen-bond donors (Lipinski definition) is 0. The molecule has 2 rings (SSSR count). The van der Waals surface area contributed by atoms with Gasteiger partial charge in [-0.1, -0.05) is 24.3 Å². The van der Waals surface area contributed by atoms with Crippen LogP contribution in [0.25, 0.3) is 11.1 Å². The van der Waals surface area contributed by atoms with Crippen LogP contribution in [0.3, 0.4) is 0 Å². The second-order valence-electron chi connectivity index (χ2n) is 1.58. The lowest BCUT2D eigenvalue weighted by Gasteiger charge is -2.10. The molecule has 0 spiro atoms. The molecule has 0 aromatic heterocycles. The van der Waals surface area contributed by atoms with Crippen LogP contribution >= 0.6 is 0 Å². The number of rotatable bonds is 0. The van der Waals surface area contributed by atoms with Crippen molar-refractivity contribution in [1.29, 1.82) is 0 Å². The molecule has 0 aromatic carbocycles. The molecule has 0 unspecified atom stereocenters. The molecule has 0 N–H and O–H groups in total. The van der Waals surface area contributed by atoms with Crippen LogP contribution in [0.5, 0.6) is 0 Å². The van der Waals surface area contributed by atoms with E-state index in [-0.39, 0.29) is 0 Å². The fourth-order valence-electron chi connectivity index (χ4n) is 0.663. The molecular weight excluding hydrogens is 96.1 g/mol. The van der Waals surface area contributed by atoms with Gasteiger partial charge >= 0.3 is 0 Å². The average molecular weight is 102 g/mol. The lowest BCUT2D eigenvalue weighted by Crippen LogP contribution is -1.85. The van der Waals surface area contributed by atoms with Crippen LogP contribution in [0.1, 0.15) is 0 Å². The highest BCUT2D eigenvalue weighted by Crippen LogP contribution is 2.29. The predicted octanol–water partition coefficient (Wildman–Crippen LogP) is 1.92. The first-order valence-corrected chi connectivity index (χ1v) is 2.40. The molecule has 0 nitrogen and oxygen atoms in total. The second-order valence-corrected chi connectivity index (χ2v) is 1.58. The van der Waals surface area contributed by atoms with Crippen molar-refractivity contribution in [3.63, 3.8) is 0 Å². The lowest BCUT2D eigenvalue weighted by molar-refractivity contribution is 1.55. The van der Waals surface area contributed by atoms with Crippen molar-refractivity contribution in [3.05, 3.63) is 24.3 Å². The average Bonchev–Trinajstić information content (AvgIpc) is 1.83. The minimum Gasteiger partial charge on any atom is -0.124 e. The summed E-state index contributed by atoms with van der Waals surface area (Å²) in [7, 11) is 0. The van der Waals surface area contributed by atoms with E-state index in [9.17, 15) is 0 Å². The number of fused-ring (bicyclic) bond motifs is 1. The summed E-state index contributed by atoms with van der Waals surface area (Å²) in [5.74, 6) is 0. The molecule has 0 amide bonds. The van der Waals surface area contributed by atoms with Crippen LogP contribution in [0.15, 0.2) is 24.3 Å². The molecule has 0 heterocycles. The van der Waals surface area contributed by atoms with Gasteiger partial charge in [0.2, 0.25) is 0 Å². The molecule has 0 saturated carbocycles. The Morgan fingerprint density at radius 3 is 1.00 bits per heavy atom. The van der Waals surface area contributed by atoms with Crippen molar-refractivity contribution in [2.45, 2.75) is 0 Å². The van der Waals surface area contributed by atoms with E-state index in [1.807, 2.05) is 0 Å². The SMILES string of the molecule is C#C.c1cc2ccc1-2. The van der Waals surface area contributed by atoms with E-state index < -0.39 is 0 Å². The molecule has 0 aromatic rings. The Bertz CT molecular complexity index is 170. The molecule has 38 valence electrons. The lowest BCUT2D eigenvalue weighted by atomic mass is 9.95. The fraction of sp³-hybridized carbons (Fsp3) is 0. The molecule has 0 heteroatoms. The Balaban J connectivity index is 0.000000147. The Kier molecular flexibility index (Phi) is 1.06. The maximum absolute atomic E-state index is 4.00. The third-order valence-electron chi connectivity index (χ3n) is 1.22. The minimum atomic E-state index is 1.43. The van der Waals surface area contributed by atoms with Crippen LogP contribution in [0, 0.1) is 12.8 Å². The topological polar surface area (TPSA) is 0 Å². The van der Waals surface area contributed by atoms with E-state index in [2.05, 4.69) is 37.1 Å². The quantitative estimate of drug-likeness (QED) is 0.446. The first kappa shape index (κ1) is 4.93. The first-order chi connectivity index (χ1) is 3.97. The van der Waals surface area contributed by atoms with Gasteiger partial charge in [0, 0.05) is 0 Å². The van der Waals surface area contributed by atoms with E-state index in [0.29, 0.717) is 0 Å². The highest BCUT2D eigenvalue weighted by atomic mass is 14.1. The molecule has 2 aliphatic rings. The van der Waals surface area contributed by atoms with Crippen molar-refractivity contribution >= 4 is 0 Å². The van der Waals surface area contributed by atoms with Crippen LogP contribution in [0.4, 0.5) is 0 Å². The zero-order valence-corrected chi connectivity index (χ0v) is 4.46. The monoisotopic (exact) mass is 102 g/mol. The van der Waals surface area contributed by atoms with Gasteiger partial charge in [0.1, 0.15) is 0 Å². The van der Waals surface area contributed by atoms with E-state index in [4.69, 9.17) is 0 Å². The van der Waals surface area contributed by atoms with Crippen molar-refractivity contribution in [3.8, 4) is 24.0 Å². The summed E-state index contributed by atoms with van der Waals surface area (Å²) in [5, 5.41) is 0. The van der Waals surface area contributed by atoms with E-state index in [1.165, 1.54) is 11.1 Å². The molecule has 2 aliphatic carbocycles. The number of benzene rings is 1. The largest absolute Gasteiger partial charge is 0.124 e. The summed E-state index contributed by atoms with van der Waals surface area (Å²) in [6, 6.07) is 8.48. The molecule has 0 atom stereocenters. The summed E-state index contributed by atoms with van der Waals surface area (Å²) >= 11 is 0. The van der Waals surface area contributed by atoms with Crippen LogP contribution in [0.2, 0.25) is 0 Å². The molecule has 0 bridgehead atoms. The van der Waals surface area contributed by atoms with Gasteiger partial charge in [0.05, 0.1) is 0 Å². The summed E-state index contributed by atoms with van der Waals surface area (Å²) in [5.41, 5.74) is 2.85. The first-order valence-electron chi connectivity index (χ1n) is 2.40. The summed E-state index contributed by atoms with van der Waals surface area (Å²) < 4.78 is 0. The Hall–Kier alpha value is -1.22. The number of terminal acetylenes is 1. The van der Waals surface area contributed by atoms with Crippen molar-refractivity contribution in [1.82, 2.24) is 0 Å². The van der Waals surface area contributed by atoms with Gasteiger partial charge < -0.3 is 0 Å². The van der Waals surface area contributed by atoms with Crippen molar-refractivity contribution in [2.24, 2.45) is 0 Å². The molecule has 0 radical (unpaired) electrons. The standard InChI is InChI=1S/C6H4.C2H2/c1-2-6-4-3-5(1)6;1-2/h1-4H;1-2H. The van der Waals surface area contributed by atoms with Crippen LogP contribution in [-0.4, -0.2) is 0 Å². The van der Waals surface area contributed by atoms with Crippen LogP contribution in [-0.2, 0) is 0 Å². The molecule has 0 saturated heterocycles. The zero-order valence-electron chi connectivity index (χ0n) is 4.46. The van der Waals surface area contributed by atoms with E-state index in [0.717, 1.165) is 0 Å². The summed E-state index contributed by atoms with van der Waals surface area (Å²) in [6.45, 7) is 0. The van der Waals surface area contributed by atoms with Crippen molar-refractivity contribution in [2.75, 3.05) is 0 Å². The van der Waals surface area contributed by atoms with Gasteiger partial charge in [-0.15, -0.1) is 12.8 Å². The smallest absolute Gasteiger partial charge is 0.0184 e.